The number of allylic oxidation sites excluding steroid dienone is 2. The summed E-state index contributed by atoms with van der Waals surface area (Å²) in [5.41, 5.74) is 0.334. The number of unbranched alkanes of at least 4 members (excludes halogenated alkanes) is 2. The van der Waals surface area contributed by atoms with Gasteiger partial charge in [-0.2, -0.15) is 0 Å². The molecule has 4 N–H and O–H groups in total. The Hall–Kier alpha value is -1.66. The van der Waals surface area contributed by atoms with Crippen LogP contribution in [-0.2, 0) is 9.59 Å². The van der Waals surface area contributed by atoms with Crippen LogP contribution in [0.4, 0.5) is 0 Å². The molecule has 0 amide bonds. The topological polar surface area (TPSA) is 115 Å². The molecule has 0 aliphatic rings. The molecule has 6 heteroatoms. The van der Waals surface area contributed by atoms with Crippen molar-refractivity contribution in [1.29, 1.82) is 0 Å². The van der Waals surface area contributed by atoms with Crippen molar-refractivity contribution in [3.05, 3.63) is 23.3 Å². The molecular weight excluding hydrogens is 252 g/mol. The molecule has 0 atom stereocenters. The van der Waals surface area contributed by atoms with Gasteiger partial charge in [-0.25, -0.2) is 9.59 Å². The molecule has 0 spiro atoms. The summed E-state index contributed by atoms with van der Waals surface area (Å²) in [5.74, 6) is -2.09. The van der Waals surface area contributed by atoms with E-state index in [4.69, 9.17) is 20.4 Å². The van der Waals surface area contributed by atoms with E-state index in [0.29, 0.717) is 19.3 Å². The van der Waals surface area contributed by atoms with Gasteiger partial charge in [0.2, 0.25) is 0 Å². The zero-order valence-corrected chi connectivity index (χ0v) is 10.7. The smallest absolute Gasteiger partial charge is 0.331 e. The zero-order valence-electron chi connectivity index (χ0n) is 10.7. The fraction of sp³-hybridized carbons (Fsp3) is 0.538. The molecular formula is C13H20O6. The second kappa shape index (κ2) is 10.3. The molecule has 0 aromatic heterocycles. The molecule has 0 fully saturated rings. The minimum atomic E-state index is -1.05. The first-order valence-corrected chi connectivity index (χ1v) is 6.09. The molecule has 0 bridgehead atoms. The van der Waals surface area contributed by atoms with Gasteiger partial charge in [0, 0.05) is 37.2 Å². The Morgan fingerprint density at radius 2 is 1.16 bits per heavy atom. The van der Waals surface area contributed by atoms with E-state index in [1.54, 1.807) is 12.2 Å². The molecule has 19 heavy (non-hydrogen) atoms. The van der Waals surface area contributed by atoms with Crippen LogP contribution in [0.5, 0.6) is 0 Å². The van der Waals surface area contributed by atoms with E-state index in [1.165, 1.54) is 0 Å². The summed E-state index contributed by atoms with van der Waals surface area (Å²) in [4.78, 5) is 21.5. The number of aliphatic carboxylic acids is 2. The fourth-order valence-electron chi connectivity index (χ4n) is 1.50. The first kappa shape index (κ1) is 17.3. The van der Waals surface area contributed by atoms with Crippen molar-refractivity contribution in [2.75, 3.05) is 13.2 Å². The molecule has 0 rings (SSSR count). The van der Waals surface area contributed by atoms with Crippen molar-refractivity contribution < 1.29 is 30.0 Å². The highest BCUT2D eigenvalue weighted by atomic mass is 16.4. The van der Waals surface area contributed by atoms with Gasteiger partial charge in [0.05, 0.1) is 0 Å². The van der Waals surface area contributed by atoms with Crippen LogP contribution in [-0.4, -0.2) is 45.6 Å². The number of carboxylic acids is 2. The van der Waals surface area contributed by atoms with Crippen molar-refractivity contribution in [2.45, 2.75) is 32.1 Å². The monoisotopic (exact) mass is 272 g/mol. The predicted octanol–water partition coefficient (Wildman–Crippen LogP) is 0.944. The lowest BCUT2D eigenvalue weighted by atomic mass is 10.1. The zero-order chi connectivity index (χ0) is 14.7. The summed E-state index contributed by atoms with van der Waals surface area (Å²) in [6.45, 7) is -0.421. The van der Waals surface area contributed by atoms with E-state index >= 15 is 0 Å². The highest BCUT2D eigenvalue weighted by Gasteiger charge is 2.06. The molecule has 0 saturated carbocycles. The lowest BCUT2D eigenvalue weighted by Gasteiger charge is -2.01. The summed E-state index contributed by atoms with van der Waals surface area (Å²) in [5, 5.41) is 34.9. The maximum absolute atomic E-state index is 10.7. The van der Waals surface area contributed by atoms with Gasteiger partial charge in [-0.1, -0.05) is 12.2 Å². The molecule has 6 nitrogen and oxygen atoms in total. The Bertz CT molecular complexity index is 322. The maximum Gasteiger partial charge on any atom is 0.331 e. The molecule has 108 valence electrons. The van der Waals surface area contributed by atoms with Crippen molar-refractivity contribution in [3.63, 3.8) is 0 Å². The summed E-state index contributed by atoms with van der Waals surface area (Å²) in [6.07, 6.45) is 4.92. The minimum absolute atomic E-state index is 0.107. The normalized spacial score (nSPS) is 12.5. The summed E-state index contributed by atoms with van der Waals surface area (Å²) >= 11 is 0. The number of carbonyl (C=O) groups is 2. The van der Waals surface area contributed by atoms with Crippen molar-refractivity contribution in [1.82, 2.24) is 0 Å². The van der Waals surface area contributed by atoms with E-state index in [1.807, 2.05) is 0 Å². The molecule has 0 heterocycles. The molecule has 0 unspecified atom stereocenters. The second-order valence-electron chi connectivity index (χ2n) is 3.95. The number of rotatable bonds is 10. The van der Waals surface area contributed by atoms with Gasteiger partial charge < -0.3 is 20.4 Å². The number of hydrogen-bond donors (Lipinski definition) is 4. The Labute approximate surface area is 111 Å². The van der Waals surface area contributed by atoms with Gasteiger partial charge in [0.25, 0.3) is 0 Å². The lowest BCUT2D eigenvalue weighted by Crippen LogP contribution is -2.03. The van der Waals surface area contributed by atoms with Crippen LogP contribution in [0.15, 0.2) is 23.3 Å². The van der Waals surface area contributed by atoms with Crippen LogP contribution in [0.1, 0.15) is 32.1 Å². The molecule has 0 radical (unpaired) electrons. The van der Waals surface area contributed by atoms with Gasteiger partial charge in [-0.05, 0) is 19.3 Å². The standard InChI is InChI=1S/C13H20O6/c14-8-6-10(12(16)17)4-2-1-3-5-11(7-9-15)13(18)19/h4-5,14-15H,1-3,6-9H2,(H,16,17)(H,18,19)/b10-4-,11-5+. The van der Waals surface area contributed by atoms with Crippen molar-refractivity contribution >= 4 is 11.9 Å². The van der Waals surface area contributed by atoms with Crippen LogP contribution in [0, 0.1) is 0 Å². The summed E-state index contributed by atoms with van der Waals surface area (Å²) < 4.78 is 0. The number of hydrogen-bond acceptors (Lipinski definition) is 4. The van der Waals surface area contributed by atoms with E-state index in [0.717, 1.165) is 0 Å². The third kappa shape index (κ3) is 8.12. The van der Waals surface area contributed by atoms with Gasteiger partial charge in [-0.15, -0.1) is 0 Å². The highest BCUT2D eigenvalue weighted by molar-refractivity contribution is 5.86. The van der Waals surface area contributed by atoms with E-state index in [9.17, 15) is 9.59 Å². The van der Waals surface area contributed by atoms with Crippen LogP contribution < -0.4 is 0 Å². The van der Waals surface area contributed by atoms with Gasteiger partial charge in [0.15, 0.2) is 0 Å². The third-order valence-corrected chi connectivity index (χ3v) is 2.50. The summed E-state index contributed by atoms with van der Waals surface area (Å²) in [6, 6.07) is 0. The molecule has 0 aromatic carbocycles. The van der Waals surface area contributed by atoms with Crippen LogP contribution in [0.25, 0.3) is 0 Å². The Kier molecular flexibility index (Phi) is 9.38. The SMILES string of the molecule is O=C(O)/C(=C\CCC/C=C(\CCO)C(=O)O)CCO. The fourth-order valence-corrected chi connectivity index (χ4v) is 1.50. The van der Waals surface area contributed by atoms with E-state index < -0.39 is 11.9 Å². The minimum Gasteiger partial charge on any atom is -0.478 e. The van der Waals surface area contributed by atoms with Gasteiger partial charge in [-0.3, -0.25) is 0 Å². The molecule has 0 saturated heterocycles. The molecule has 0 aliphatic heterocycles. The maximum atomic E-state index is 10.7. The number of aliphatic hydroxyl groups excluding tert-OH is 2. The van der Waals surface area contributed by atoms with Crippen LogP contribution in [0.3, 0.4) is 0 Å². The molecule has 0 aromatic rings. The van der Waals surface area contributed by atoms with Crippen LogP contribution in [0.2, 0.25) is 0 Å². The quantitative estimate of drug-likeness (QED) is 0.347. The van der Waals surface area contributed by atoms with Crippen molar-refractivity contribution in [2.24, 2.45) is 0 Å². The van der Waals surface area contributed by atoms with E-state index in [-0.39, 0.29) is 37.2 Å². The van der Waals surface area contributed by atoms with Gasteiger partial charge in [0.1, 0.15) is 0 Å². The Morgan fingerprint density at radius 3 is 1.42 bits per heavy atom. The van der Waals surface area contributed by atoms with Crippen molar-refractivity contribution in [3.8, 4) is 0 Å². The number of aliphatic hydroxyl groups is 2. The highest BCUT2D eigenvalue weighted by Crippen LogP contribution is 2.09. The largest absolute Gasteiger partial charge is 0.478 e. The lowest BCUT2D eigenvalue weighted by molar-refractivity contribution is -0.133. The van der Waals surface area contributed by atoms with Gasteiger partial charge >= 0.3 is 11.9 Å². The predicted molar refractivity (Wildman–Crippen MR) is 68.7 cm³/mol. The Morgan fingerprint density at radius 1 is 0.789 bits per heavy atom. The summed E-state index contributed by atoms with van der Waals surface area (Å²) in [7, 11) is 0. The third-order valence-electron chi connectivity index (χ3n) is 2.50. The average Bonchev–Trinajstić information content (AvgIpc) is 2.35. The first-order valence-electron chi connectivity index (χ1n) is 6.09. The average molecular weight is 272 g/mol. The first-order chi connectivity index (χ1) is 9.02. The number of carboxylic acid groups (broad SMARTS) is 2. The van der Waals surface area contributed by atoms with Crippen LogP contribution >= 0.6 is 0 Å². The second-order valence-corrected chi connectivity index (χ2v) is 3.95. The van der Waals surface area contributed by atoms with E-state index in [2.05, 4.69) is 0 Å². The Balaban J connectivity index is 4.21. The molecule has 0 aliphatic carbocycles.